The van der Waals surface area contributed by atoms with Gasteiger partial charge < -0.3 is 24.5 Å². The fourth-order valence-electron chi connectivity index (χ4n) is 5.80. The molecule has 2 aliphatic rings. The molecule has 1 aliphatic carbocycles. The molecule has 1 aliphatic heterocycles. The van der Waals surface area contributed by atoms with Crippen LogP contribution in [0.5, 0.6) is 0 Å². The van der Waals surface area contributed by atoms with Crippen LogP contribution in [0, 0.1) is 17.2 Å². The Kier molecular flexibility index (Phi) is 7.12. The number of oxazole rings is 1. The highest BCUT2D eigenvalue weighted by molar-refractivity contribution is 6.06. The number of amides is 2. The second-order valence-corrected chi connectivity index (χ2v) is 9.48. The normalized spacial score (nSPS) is 20.7. The van der Waals surface area contributed by atoms with Crippen LogP contribution in [-0.2, 0) is 14.3 Å². The highest BCUT2D eigenvalue weighted by Crippen LogP contribution is 2.51. The Labute approximate surface area is 203 Å². The minimum atomic E-state index is -1.99. The van der Waals surface area contributed by atoms with E-state index in [4.69, 9.17) is 19.6 Å². The fraction of sp³-hybridized carbons (Fsp3) is 0.600. The molecule has 9 nitrogen and oxygen atoms in total. The monoisotopic (exact) mass is 489 g/mol. The van der Waals surface area contributed by atoms with Crippen LogP contribution in [0.4, 0.5) is 9.18 Å². The first-order chi connectivity index (χ1) is 16.7. The van der Waals surface area contributed by atoms with Crippen LogP contribution < -0.4 is 5.73 Å². The molecule has 2 aromatic rings. The maximum absolute atomic E-state index is 14.3. The molecule has 1 saturated carbocycles. The van der Waals surface area contributed by atoms with Gasteiger partial charge in [-0.1, -0.05) is 32.3 Å². The number of Topliss-reactive ketones (excluding diaryl/α,β-unsaturated/α-hetero) is 1. The standard InChI is InChI=1S/C25H32FN3O6/c1-3-25(35-23(27)32,20(30)21-28-18-11-7-10-17(26)19(18)34-21)24(2,16-8-5-4-6-9-16)22(31)29-12-14-33-15-13-29/h7,10-11,16H,3-6,8-9,12-15H2,1-2H3,(H2,27,32)/t24?,25-/m1/s1. The summed E-state index contributed by atoms with van der Waals surface area (Å²) in [6.45, 7) is 4.83. The van der Waals surface area contributed by atoms with E-state index >= 15 is 0 Å². The van der Waals surface area contributed by atoms with E-state index in [9.17, 15) is 18.8 Å². The largest absolute Gasteiger partial charge is 0.433 e. The van der Waals surface area contributed by atoms with Crippen LogP contribution in [0.2, 0.25) is 0 Å². The van der Waals surface area contributed by atoms with Crippen molar-refractivity contribution in [3.63, 3.8) is 0 Å². The molecular weight excluding hydrogens is 457 g/mol. The Balaban J connectivity index is 1.89. The summed E-state index contributed by atoms with van der Waals surface area (Å²) in [5.41, 5.74) is 2.03. The van der Waals surface area contributed by atoms with Gasteiger partial charge in [-0.3, -0.25) is 9.59 Å². The van der Waals surface area contributed by atoms with Gasteiger partial charge in [-0.25, -0.2) is 14.2 Å². The van der Waals surface area contributed by atoms with Crippen molar-refractivity contribution in [1.82, 2.24) is 9.88 Å². The van der Waals surface area contributed by atoms with Crippen LogP contribution in [-0.4, -0.2) is 59.6 Å². The van der Waals surface area contributed by atoms with Gasteiger partial charge in [-0.05, 0) is 44.2 Å². The summed E-state index contributed by atoms with van der Waals surface area (Å²) in [5.74, 6) is -2.46. The highest BCUT2D eigenvalue weighted by Gasteiger charge is 2.65. The van der Waals surface area contributed by atoms with Gasteiger partial charge in [0.2, 0.25) is 5.91 Å². The van der Waals surface area contributed by atoms with E-state index in [0.717, 1.165) is 19.3 Å². The van der Waals surface area contributed by atoms with Crippen molar-refractivity contribution in [2.24, 2.45) is 17.1 Å². The van der Waals surface area contributed by atoms with E-state index in [-0.39, 0.29) is 29.3 Å². The zero-order valence-electron chi connectivity index (χ0n) is 20.2. The van der Waals surface area contributed by atoms with Crippen LogP contribution in [0.1, 0.15) is 63.1 Å². The molecule has 0 spiro atoms. The second-order valence-electron chi connectivity index (χ2n) is 9.48. The van der Waals surface area contributed by atoms with Crippen LogP contribution in [0.25, 0.3) is 11.1 Å². The molecule has 1 unspecified atom stereocenters. The van der Waals surface area contributed by atoms with Gasteiger partial charge in [0, 0.05) is 13.1 Å². The Bertz CT molecular complexity index is 1110. The van der Waals surface area contributed by atoms with Crippen molar-refractivity contribution < 1.29 is 32.7 Å². The predicted molar refractivity (Wildman–Crippen MR) is 124 cm³/mol. The van der Waals surface area contributed by atoms with E-state index in [1.807, 2.05) is 0 Å². The lowest BCUT2D eigenvalue weighted by molar-refractivity contribution is -0.168. The summed E-state index contributed by atoms with van der Waals surface area (Å²) in [6, 6.07) is 4.17. The first kappa shape index (κ1) is 25.1. The van der Waals surface area contributed by atoms with Gasteiger partial charge in [0.15, 0.2) is 17.0 Å². The first-order valence-electron chi connectivity index (χ1n) is 12.2. The zero-order valence-corrected chi connectivity index (χ0v) is 20.2. The lowest BCUT2D eigenvalue weighted by Crippen LogP contribution is -2.66. The highest BCUT2D eigenvalue weighted by atomic mass is 19.1. The number of morpholine rings is 1. The van der Waals surface area contributed by atoms with Crippen molar-refractivity contribution in [3.05, 3.63) is 29.9 Å². The summed E-state index contributed by atoms with van der Waals surface area (Å²) in [6.07, 6.45) is 2.94. The van der Waals surface area contributed by atoms with Crippen LogP contribution in [0.15, 0.2) is 22.6 Å². The minimum Gasteiger partial charge on any atom is -0.433 e. The molecule has 190 valence electrons. The van der Waals surface area contributed by atoms with E-state index in [2.05, 4.69) is 4.98 Å². The molecule has 1 aromatic carbocycles. The number of aromatic nitrogens is 1. The number of ether oxygens (including phenoxy) is 2. The number of rotatable bonds is 7. The number of fused-ring (bicyclic) bond motifs is 1. The van der Waals surface area contributed by atoms with Crippen molar-refractivity contribution in [2.45, 2.75) is 58.0 Å². The molecule has 2 fully saturated rings. The van der Waals surface area contributed by atoms with Gasteiger partial charge in [-0.2, -0.15) is 0 Å². The number of nitrogens with zero attached hydrogens (tertiary/aromatic N) is 2. The van der Waals surface area contributed by atoms with Crippen molar-refractivity contribution in [3.8, 4) is 0 Å². The Hall–Kier alpha value is -3.01. The number of carbonyl (C=O) groups excluding carboxylic acids is 3. The average molecular weight is 490 g/mol. The molecule has 0 radical (unpaired) electrons. The van der Waals surface area contributed by atoms with Crippen molar-refractivity contribution >= 4 is 28.9 Å². The smallest absolute Gasteiger partial charge is 0.405 e. The predicted octanol–water partition coefficient (Wildman–Crippen LogP) is 3.84. The number of benzene rings is 1. The van der Waals surface area contributed by atoms with Gasteiger partial charge in [0.25, 0.3) is 11.7 Å². The molecule has 1 aromatic heterocycles. The molecular formula is C25H32FN3O6. The van der Waals surface area contributed by atoms with E-state index in [1.165, 1.54) is 18.2 Å². The Morgan fingerprint density at radius 1 is 1.20 bits per heavy atom. The molecule has 2 heterocycles. The minimum absolute atomic E-state index is 0.0426. The fourth-order valence-corrected chi connectivity index (χ4v) is 5.80. The summed E-state index contributed by atoms with van der Waals surface area (Å²) in [7, 11) is 0. The number of ketones is 1. The third kappa shape index (κ3) is 4.28. The molecule has 1 saturated heterocycles. The lowest BCUT2D eigenvalue weighted by atomic mass is 9.57. The Morgan fingerprint density at radius 3 is 2.49 bits per heavy atom. The third-order valence-corrected chi connectivity index (χ3v) is 7.70. The average Bonchev–Trinajstić information content (AvgIpc) is 3.32. The number of nitrogens with two attached hydrogens (primary N) is 1. The number of carbonyl (C=O) groups is 3. The van der Waals surface area contributed by atoms with Crippen molar-refractivity contribution in [1.29, 1.82) is 0 Å². The second kappa shape index (κ2) is 9.93. The zero-order chi connectivity index (χ0) is 25.2. The van der Waals surface area contributed by atoms with E-state index in [1.54, 1.807) is 18.7 Å². The molecule has 2 atom stereocenters. The quantitative estimate of drug-likeness (QED) is 0.586. The van der Waals surface area contributed by atoms with E-state index in [0.29, 0.717) is 39.1 Å². The number of halogens is 1. The van der Waals surface area contributed by atoms with Crippen LogP contribution >= 0.6 is 0 Å². The maximum Gasteiger partial charge on any atom is 0.405 e. The molecule has 35 heavy (non-hydrogen) atoms. The number of primary amides is 1. The third-order valence-electron chi connectivity index (χ3n) is 7.70. The molecule has 4 rings (SSSR count). The van der Waals surface area contributed by atoms with E-state index < -0.39 is 34.6 Å². The lowest BCUT2D eigenvalue weighted by Gasteiger charge is -2.51. The molecule has 10 heteroatoms. The summed E-state index contributed by atoms with van der Waals surface area (Å²) < 4.78 is 31.0. The summed E-state index contributed by atoms with van der Waals surface area (Å²) in [5, 5.41) is 0. The van der Waals surface area contributed by atoms with Crippen molar-refractivity contribution in [2.75, 3.05) is 26.3 Å². The maximum atomic E-state index is 14.3. The van der Waals surface area contributed by atoms with Gasteiger partial charge in [0.05, 0.1) is 18.6 Å². The summed E-state index contributed by atoms with van der Waals surface area (Å²) >= 11 is 0. The topological polar surface area (TPSA) is 125 Å². The number of para-hydroxylation sites is 1. The first-order valence-corrected chi connectivity index (χ1v) is 12.2. The van der Waals surface area contributed by atoms with Crippen LogP contribution in [0.3, 0.4) is 0 Å². The summed E-state index contributed by atoms with van der Waals surface area (Å²) in [4.78, 5) is 46.5. The Morgan fingerprint density at radius 2 is 1.89 bits per heavy atom. The molecule has 2 N–H and O–H groups in total. The SMILES string of the molecule is CC[C@@](OC(N)=O)(C(=O)c1nc2cccc(F)c2o1)C(C)(C(=O)N1CCOCC1)C1CCCCC1. The number of hydrogen-bond acceptors (Lipinski definition) is 7. The number of hydrogen-bond donors (Lipinski definition) is 1. The molecule has 0 bridgehead atoms. The van der Waals surface area contributed by atoms with Gasteiger partial charge >= 0.3 is 6.09 Å². The molecule has 2 amide bonds. The van der Waals surface area contributed by atoms with Gasteiger partial charge in [0.1, 0.15) is 5.52 Å². The van der Waals surface area contributed by atoms with Gasteiger partial charge in [-0.15, -0.1) is 0 Å².